The highest BCUT2D eigenvalue weighted by molar-refractivity contribution is 7.96. The van der Waals surface area contributed by atoms with E-state index in [2.05, 4.69) is 288 Å². The fraction of sp³-hybridized carbons (Fsp3) is 0.510. The van der Waals surface area contributed by atoms with Crippen molar-refractivity contribution in [1.82, 2.24) is 0 Å². The summed E-state index contributed by atoms with van der Waals surface area (Å²) in [5.41, 5.74) is 0. The highest BCUT2D eigenvalue weighted by Gasteiger charge is 2.66. The van der Waals surface area contributed by atoms with Gasteiger partial charge in [0.1, 0.15) is 0 Å². The zero-order valence-electron chi connectivity index (χ0n) is 42.4. The van der Waals surface area contributed by atoms with Crippen LogP contribution in [0.3, 0.4) is 0 Å². The van der Waals surface area contributed by atoms with Gasteiger partial charge in [-0.3, -0.25) is 0 Å². The van der Waals surface area contributed by atoms with Gasteiger partial charge in [-0.1, -0.05) is 184 Å². The predicted molar refractivity (Wildman–Crippen MR) is 316 cm³/mol. The number of thiophene rings is 6. The molecule has 0 saturated carbocycles. The summed E-state index contributed by atoms with van der Waals surface area (Å²) in [5, 5.41) is 1.00. The molecule has 0 radical (unpaired) electrons. The number of hydrogen-bond acceptors (Lipinski definition) is 6. The topological polar surface area (TPSA) is 0 Å². The standard InChI is InChI=1S/C49H78S6Si7/c1-47(2,3)56(10,11)41-29-23-35(50-41)38-26-32-44(53-38)59(16,17)62(22,60(18,19)45-33-27-39(54-45)36-24-30-42(51-36)57(12,13)48(4,5)6)61(20,21)46-34-28-40(55-46)37-25-31-43(52-37)58(14,15)49(7,8)9/h23-34H,1-22H3. The molecular weight excluding hydrogens is 978 g/mol. The minimum atomic E-state index is -2.09. The van der Waals surface area contributed by atoms with Crippen LogP contribution in [-0.4, -0.2) is 53.6 Å². The van der Waals surface area contributed by atoms with Gasteiger partial charge < -0.3 is 0 Å². The SMILES string of the molecule is CC(C)(C)[Si](C)(C)c1ccc(-c2ccc([Si](C)(C)[Si](C)([Si](C)(C)c3ccc(-c4ccc([Si](C)(C)C(C)(C)C)s4)s3)[Si](C)(C)c3ccc(-c4ccc([Si](C)(C)C(C)(C)C)s4)s3)s2)s1. The minimum Gasteiger partial charge on any atom is -0.144 e. The fourth-order valence-electron chi connectivity index (χ4n) is 9.03. The van der Waals surface area contributed by atoms with Crippen molar-refractivity contribution in [2.75, 3.05) is 0 Å². The summed E-state index contributed by atoms with van der Waals surface area (Å²) < 4.78 is 10.1. The van der Waals surface area contributed by atoms with Gasteiger partial charge in [-0.25, -0.2) is 0 Å². The van der Waals surface area contributed by atoms with E-state index >= 15 is 0 Å². The molecular formula is C49H78S6Si7. The van der Waals surface area contributed by atoms with E-state index in [1.807, 2.05) is 0 Å². The second kappa shape index (κ2) is 16.7. The maximum Gasteiger partial charge on any atom is 0.0987 e. The van der Waals surface area contributed by atoms with Crippen LogP contribution in [0.2, 0.25) is 100 Å². The smallest absolute Gasteiger partial charge is 0.0987 e. The molecule has 62 heavy (non-hydrogen) atoms. The third kappa shape index (κ3) is 8.49. The molecule has 0 amide bonds. The molecule has 0 saturated heterocycles. The van der Waals surface area contributed by atoms with Crippen molar-refractivity contribution in [3.63, 3.8) is 0 Å². The Hall–Kier alpha value is -0.282. The molecule has 0 aliphatic rings. The van der Waals surface area contributed by atoms with Crippen molar-refractivity contribution in [2.24, 2.45) is 0 Å². The van der Waals surface area contributed by atoms with Gasteiger partial charge in [-0.2, -0.15) is 0 Å². The summed E-state index contributed by atoms with van der Waals surface area (Å²) in [4.78, 5) is 8.92. The normalized spacial score (nSPS) is 14.6. The van der Waals surface area contributed by atoms with Gasteiger partial charge >= 0.3 is 0 Å². The van der Waals surface area contributed by atoms with Crippen LogP contribution in [0.1, 0.15) is 62.3 Å². The summed E-state index contributed by atoms with van der Waals surface area (Å²) in [6.45, 7) is 55.4. The quantitative estimate of drug-likeness (QED) is 0.107. The van der Waals surface area contributed by atoms with Gasteiger partial charge in [0.05, 0.1) is 53.6 Å². The van der Waals surface area contributed by atoms with Crippen LogP contribution in [0, 0.1) is 0 Å². The first-order valence-electron chi connectivity index (χ1n) is 22.7. The molecule has 338 valence electrons. The van der Waals surface area contributed by atoms with Crippen molar-refractivity contribution < 1.29 is 0 Å². The molecule has 0 atom stereocenters. The first kappa shape index (κ1) is 51.1. The maximum atomic E-state index is 2.97. The Labute approximate surface area is 409 Å². The Morgan fingerprint density at radius 2 is 0.419 bits per heavy atom. The van der Waals surface area contributed by atoms with Crippen LogP contribution in [0.25, 0.3) is 29.3 Å². The largest absolute Gasteiger partial charge is 0.144 e. The first-order chi connectivity index (χ1) is 28.0. The highest BCUT2D eigenvalue weighted by atomic mass is 32.1. The summed E-state index contributed by atoms with van der Waals surface area (Å²) in [5.74, 6) is 0. The number of hydrogen-bond donors (Lipinski definition) is 0. The van der Waals surface area contributed by atoms with Crippen LogP contribution in [0.5, 0.6) is 0 Å². The molecule has 0 nitrogen and oxygen atoms in total. The van der Waals surface area contributed by atoms with Crippen LogP contribution >= 0.6 is 68.0 Å². The maximum absolute atomic E-state index is 2.97. The molecule has 0 N–H and O–H groups in total. The molecule has 6 aromatic rings. The second-order valence-corrected chi connectivity index (χ2v) is 87.5. The average molecular weight is 1060 g/mol. The second-order valence-electron chi connectivity index (χ2n) is 24.6. The van der Waals surface area contributed by atoms with Gasteiger partial charge in [0.25, 0.3) is 0 Å². The third-order valence-electron chi connectivity index (χ3n) is 17.4. The van der Waals surface area contributed by atoms with Crippen LogP contribution in [0.4, 0.5) is 0 Å². The summed E-state index contributed by atoms with van der Waals surface area (Å²) in [6, 6.07) is 30.3. The molecule has 13 heteroatoms. The van der Waals surface area contributed by atoms with Crippen LogP contribution < -0.4 is 27.0 Å². The molecule has 0 aromatic carbocycles. The summed E-state index contributed by atoms with van der Waals surface area (Å²) in [7, 11) is -10.9. The van der Waals surface area contributed by atoms with Gasteiger partial charge in [0.15, 0.2) is 0 Å². The lowest BCUT2D eigenvalue weighted by molar-refractivity contribution is 0.730. The Kier molecular flexibility index (Phi) is 13.8. The Balaban J connectivity index is 1.47. The Morgan fingerprint density at radius 3 is 0.597 bits per heavy atom. The Bertz CT molecular complexity index is 2250. The highest BCUT2D eigenvalue weighted by Crippen LogP contribution is 2.45. The van der Waals surface area contributed by atoms with Crippen LogP contribution in [0.15, 0.2) is 72.8 Å². The van der Waals surface area contributed by atoms with Crippen molar-refractivity contribution in [1.29, 1.82) is 0 Å². The molecule has 0 aliphatic carbocycles. The molecule has 6 aromatic heterocycles. The lowest BCUT2D eigenvalue weighted by atomic mass is 10.2. The molecule has 0 unspecified atom stereocenters. The van der Waals surface area contributed by atoms with Gasteiger partial charge in [0, 0.05) is 29.3 Å². The molecule has 6 heterocycles. The van der Waals surface area contributed by atoms with E-state index < -0.39 is 53.6 Å². The van der Waals surface area contributed by atoms with E-state index in [0.717, 1.165) is 0 Å². The van der Waals surface area contributed by atoms with Gasteiger partial charge in [-0.15, -0.1) is 68.0 Å². The third-order valence-corrected chi connectivity index (χ3v) is 122. The zero-order chi connectivity index (χ0) is 46.7. The lowest BCUT2D eigenvalue weighted by Gasteiger charge is -2.57. The monoisotopic (exact) mass is 1050 g/mol. The molecule has 6 rings (SSSR count). The van der Waals surface area contributed by atoms with E-state index in [-0.39, 0.29) is 0 Å². The van der Waals surface area contributed by atoms with Gasteiger partial charge in [0.2, 0.25) is 0 Å². The van der Waals surface area contributed by atoms with Crippen molar-refractivity contribution in [3.05, 3.63) is 72.8 Å². The average Bonchev–Trinajstić information content (AvgIpc) is 3.99. The van der Waals surface area contributed by atoms with Crippen molar-refractivity contribution in [2.45, 2.75) is 163 Å². The van der Waals surface area contributed by atoms with Crippen molar-refractivity contribution >= 4 is 149 Å². The van der Waals surface area contributed by atoms with Crippen LogP contribution in [-0.2, 0) is 0 Å². The predicted octanol–water partition coefficient (Wildman–Crippen LogP) is 15.7. The van der Waals surface area contributed by atoms with E-state index in [9.17, 15) is 0 Å². The molecule has 0 spiro atoms. The van der Waals surface area contributed by atoms with Gasteiger partial charge in [-0.05, 0) is 78.5 Å². The van der Waals surface area contributed by atoms with E-state index in [0.29, 0.717) is 15.1 Å². The lowest BCUT2D eigenvalue weighted by Crippen LogP contribution is -2.90. The summed E-state index contributed by atoms with van der Waals surface area (Å²) >= 11 is 12.8. The summed E-state index contributed by atoms with van der Waals surface area (Å²) in [6.07, 6.45) is 0. The van der Waals surface area contributed by atoms with E-state index in [4.69, 9.17) is 0 Å². The molecule has 0 aliphatic heterocycles. The van der Waals surface area contributed by atoms with Crippen molar-refractivity contribution in [3.8, 4) is 29.3 Å². The number of rotatable bonds is 12. The van der Waals surface area contributed by atoms with E-state index in [1.54, 1.807) is 27.0 Å². The molecule has 0 fully saturated rings. The Morgan fingerprint density at radius 1 is 0.258 bits per heavy atom. The minimum absolute atomic E-state index is 0.334. The van der Waals surface area contributed by atoms with E-state index in [1.165, 1.54) is 29.3 Å². The fourth-order valence-corrected chi connectivity index (χ4v) is 117. The zero-order valence-corrected chi connectivity index (χ0v) is 54.3. The molecule has 0 bridgehead atoms. The first-order valence-corrected chi connectivity index (χ1v) is 51.1.